The molecule has 0 N–H and O–H groups in total. The van der Waals surface area contributed by atoms with Crippen LogP contribution >= 0.6 is 11.6 Å². The number of halogens is 1. The highest BCUT2D eigenvalue weighted by atomic mass is 35.5. The van der Waals surface area contributed by atoms with Crippen LogP contribution < -0.4 is 0 Å². The summed E-state index contributed by atoms with van der Waals surface area (Å²) in [6.07, 6.45) is 0.392. The molecule has 1 aromatic rings. The van der Waals surface area contributed by atoms with E-state index in [2.05, 4.69) is 11.1 Å². The summed E-state index contributed by atoms with van der Waals surface area (Å²) in [5.41, 5.74) is 1.77. The van der Waals surface area contributed by atoms with Crippen molar-refractivity contribution < 1.29 is 0 Å². The maximum absolute atomic E-state index is 8.39. The quantitative estimate of drug-likeness (QED) is 0.600. The van der Waals surface area contributed by atoms with Gasteiger partial charge in [-0.25, -0.2) is 4.98 Å². The first-order chi connectivity index (χ1) is 5.22. The van der Waals surface area contributed by atoms with Crippen molar-refractivity contribution >= 4 is 11.6 Å². The third-order valence-electron chi connectivity index (χ3n) is 1.27. The average Bonchev–Trinajstić information content (AvgIpc) is 1.85. The number of hydrogen-bond donors (Lipinski definition) is 0. The van der Waals surface area contributed by atoms with E-state index in [1.54, 1.807) is 6.07 Å². The molecule has 0 aliphatic heterocycles. The highest BCUT2D eigenvalue weighted by molar-refractivity contribution is 6.29. The predicted octanol–water partition coefficient (Wildman–Crippen LogP) is 2.11. The van der Waals surface area contributed by atoms with Crippen molar-refractivity contribution in [3.05, 3.63) is 28.5 Å². The molecule has 0 atom stereocenters. The van der Waals surface area contributed by atoms with Crippen molar-refractivity contribution in [2.75, 3.05) is 0 Å². The normalized spacial score (nSPS) is 9.18. The van der Waals surface area contributed by atoms with Gasteiger partial charge >= 0.3 is 0 Å². The van der Waals surface area contributed by atoms with Crippen molar-refractivity contribution in [1.82, 2.24) is 4.98 Å². The summed E-state index contributed by atoms with van der Waals surface area (Å²) in [4.78, 5) is 3.97. The Balaban J connectivity index is 3.01. The monoisotopic (exact) mass is 166 g/mol. The molecule has 11 heavy (non-hydrogen) atoms. The lowest BCUT2D eigenvalue weighted by Crippen LogP contribution is -1.87. The van der Waals surface area contributed by atoms with E-state index >= 15 is 0 Å². The molecule has 1 heterocycles. The minimum atomic E-state index is 0.392. The molecule has 1 aromatic heterocycles. The van der Waals surface area contributed by atoms with E-state index < -0.39 is 0 Å². The zero-order valence-electron chi connectivity index (χ0n) is 6.13. The number of aryl methyl sites for hydroxylation is 1. The van der Waals surface area contributed by atoms with Crippen LogP contribution in [-0.4, -0.2) is 4.98 Å². The number of aromatic nitrogens is 1. The number of rotatable bonds is 1. The zero-order valence-corrected chi connectivity index (χ0v) is 6.89. The van der Waals surface area contributed by atoms with Crippen LogP contribution in [0.5, 0.6) is 0 Å². The van der Waals surface area contributed by atoms with Gasteiger partial charge in [-0.05, 0) is 24.6 Å². The Labute approximate surface area is 70.4 Å². The number of nitriles is 1. The van der Waals surface area contributed by atoms with Crippen molar-refractivity contribution in [1.29, 1.82) is 5.26 Å². The molecule has 0 bridgehead atoms. The first kappa shape index (κ1) is 8.03. The Kier molecular flexibility index (Phi) is 2.45. The third kappa shape index (κ3) is 2.21. The Morgan fingerprint density at radius 2 is 2.36 bits per heavy atom. The largest absolute Gasteiger partial charge is 0.241 e. The van der Waals surface area contributed by atoms with Crippen LogP contribution in [0.2, 0.25) is 5.15 Å². The van der Waals surface area contributed by atoms with Crippen LogP contribution in [0.25, 0.3) is 0 Å². The number of pyridine rings is 1. The van der Waals surface area contributed by atoms with Gasteiger partial charge < -0.3 is 0 Å². The Hall–Kier alpha value is -1.07. The lowest BCUT2D eigenvalue weighted by Gasteiger charge is -1.96. The minimum Gasteiger partial charge on any atom is -0.241 e. The SMILES string of the molecule is Cc1cc(CC#N)cc(Cl)n1. The van der Waals surface area contributed by atoms with Crippen molar-refractivity contribution in [2.24, 2.45) is 0 Å². The molecular weight excluding hydrogens is 160 g/mol. The fourth-order valence-corrected chi connectivity index (χ4v) is 1.16. The molecule has 0 aromatic carbocycles. The molecule has 0 unspecified atom stereocenters. The van der Waals surface area contributed by atoms with E-state index in [-0.39, 0.29) is 0 Å². The zero-order chi connectivity index (χ0) is 8.27. The smallest absolute Gasteiger partial charge is 0.129 e. The first-order valence-electron chi connectivity index (χ1n) is 3.22. The lowest BCUT2D eigenvalue weighted by atomic mass is 10.2. The lowest BCUT2D eigenvalue weighted by molar-refractivity contribution is 1.15. The Morgan fingerprint density at radius 3 is 2.91 bits per heavy atom. The first-order valence-corrected chi connectivity index (χ1v) is 3.60. The van der Waals surface area contributed by atoms with Gasteiger partial charge in [0.25, 0.3) is 0 Å². The second kappa shape index (κ2) is 3.36. The van der Waals surface area contributed by atoms with Gasteiger partial charge in [-0.1, -0.05) is 11.6 Å². The summed E-state index contributed by atoms with van der Waals surface area (Å²) in [6, 6.07) is 5.61. The van der Waals surface area contributed by atoms with Crippen molar-refractivity contribution in [2.45, 2.75) is 13.3 Å². The molecular formula is C8H7ClN2. The minimum absolute atomic E-state index is 0.392. The highest BCUT2D eigenvalue weighted by Gasteiger charge is 1.96. The third-order valence-corrected chi connectivity index (χ3v) is 1.46. The van der Waals surface area contributed by atoms with Crippen LogP contribution in [0, 0.1) is 18.3 Å². The molecule has 2 nitrogen and oxygen atoms in total. The van der Waals surface area contributed by atoms with Crippen molar-refractivity contribution in [3.63, 3.8) is 0 Å². The maximum Gasteiger partial charge on any atom is 0.129 e. The van der Waals surface area contributed by atoms with E-state index in [0.29, 0.717) is 11.6 Å². The highest BCUT2D eigenvalue weighted by Crippen LogP contribution is 2.10. The Bertz CT molecular complexity index is 281. The maximum atomic E-state index is 8.39. The summed E-state index contributed by atoms with van der Waals surface area (Å²) < 4.78 is 0. The van der Waals surface area contributed by atoms with E-state index in [9.17, 15) is 0 Å². The van der Waals surface area contributed by atoms with Gasteiger partial charge in [-0.2, -0.15) is 5.26 Å². The van der Waals surface area contributed by atoms with Gasteiger partial charge in [-0.3, -0.25) is 0 Å². The average molecular weight is 167 g/mol. The molecule has 0 aliphatic rings. The fourth-order valence-electron chi connectivity index (χ4n) is 0.889. The second-order valence-electron chi connectivity index (χ2n) is 2.27. The summed E-state index contributed by atoms with van der Waals surface area (Å²) >= 11 is 5.67. The Morgan fingerprint density at radius 1 is 1.64 bits per heavy atom. The summed E-state index contributed by atoms with van der Waals surface area (Å²) in [5.74, 6) is 0. The number of hydrogen-bond acceptors (Lipinski definition) is 2. The molecule has 0 amide bonds. The second-order valence-corrected chi connectivity index (χ2v) is 2.66. The number of nitrogens with zero attached hydrogens (tertiary/aromatic N) is 2. The fraction of sp³-hybridized carbons (Fsp3) is 0.250. The topological polar surface area (TPSA) is 36.7 Å². The van der Waals surface area contributed by atoms with Gasteiger partial charge in [0.15, 0.2) is 0 Å². The van der Waals surface area contributed by atoms with Crippen LogP contribution in [0.3, 0.4) is 0 Å². The van der Waals surface area contributed by atoms with Crippen LogP contribution in [0.4, 0.5) is 0 Å². The van der Waals surface area contributed by atoms with Gasteiger partial charge in [0.05, 0.1) is 12.5 Å². The molecule has 1 rings (SSSR count). The summed E-state index contributed by atoms with van der Waals surface area (Å²) in [6.45, 7) is 1.85. The van der Waals surface area contributed by atoms with Crippen LogP contribution in [0.1, 0.15) is 11.3 Å². The molecule has 0 fully saturated rings. The molecule has 0 radical (unpaired) electrons. The molecule has 0 saturated carbocycles. The predicted molar refractivity (Wildman–Crippen MR) is 43.3 cm³/mol. The van der Waals surface area contributed by atoms with E-state index in [1.165, 1.54) is 0 Å². The molecule has 56 valence electrons. The van der Waals surface area contributed by atoms with Gasteiger partial charge in [0.2, 0.25) is 0 Å². The van der Waals surface area contributed by atoms with Gasteiger partial charge in [-0.15, -0.1) is 0 Å². The molecule has 3 heteroatoms. The van der Waals surface area contributed by atoms with Crippen LogP contribution in [-0.2, 0) is 6.42 Å². The molecule has 0 aliphatic carbocycles. The van der Waals surface area contributed by atoms with Gasteiger partial charge in [0, 0.05) is 5.69 Å². The van der Waals surface area contributed by atoms with Gasteiger partial charge in [0.1, 0.15) is 5.15 Å². The van der Waals surface area contributed by atoms with E-state index in [1.807, 2.05) is 13.0 Å². The summed E-state index contributed by atoms with van der Waals surface area (Å²) in [5, 5.41) is 8.84. The van der Waals surface area contributed by atoms with E-state index in [4.69, 9.17) is 16.9 Å². The molecule has 0 spiro atoms. The van der Waals surface area contributed by atoms with Crippen molar-refractivity contribution in [3.8, 4) is 6.07 Å². The van der Waals surface area contributed by atoms with Crippen LogP contribution in [0.15, 0.2) is 12.1 Å². The summed E-state index contributed by atoms with van der Waals surface area (Å²) in [7, 11) is 0. The standard InChI is InChI=1S/C8H7ClN2/c1-6-4-7(2-3-10)5-8(9)11-6/h4-5H,2H2,1H3. The molecule has 0 saturated heterocycles. The van der Waals surface area contributed by atoms with E-state index in [0.717, 1.165) is 11.3 Å².